The molecule has 39 heavy (non-hydrogen) atoms. The van der Waals surface area contributed by atoms with Crippen LogP contribution in [0, 0.1) is 19.8 Å². The molecule has 2 aromatic carbocycles. The number of hydrogen-bond acceptors (Lipinski definition) is 6. The Labute approximate surface area is 231 Å². The molecule has 3 N–H and O–H groups in total. The molecule has 3 rings (SSSR count). The normalized spacial score (nSPS) is 14.1. The Morgan fingerprint density at radius 2 is 1.67 bits per heavy atom. The molecule has 0 aliphatic heterocycles. The number of nitrogens with two attached hydrogens (primary N) is 1. The molecule has 3 aromatic rings. The molecule has 0 radical (unpaired) electrons. The Kier molecular flexibility index (Phi) is 9.34. The number of quaternary nitrogens is 1. The third-order valence-electron chi connectivity index (χ3n) is 7.12. The van der Waals surface area contributed by atoms with Gasteiger partial charge in [0.25, 0.3) is 15.9 Å². The van der Waals surface area contributed by atoms with E-state index in [0.717, 1.165) is 5.56 Å². The minimum Gasteiger partial charge on any atom is -0.364 e. The van der Waals surface area contributed by atoms with E-state index in [1.165, 1.54) is 6.07 Å². The minimum absolute atomic E-state index is 0.0558. The summed E-state index contributed by atoms with van der Waals surface area (Å²) in [6.07, 6.45) is 1.38. The van der Waals surface area contributed by atoms with Crippen molar-refractivity contribution in [3.05, 3.63) is 65.4 Å². The molecule has 0 aliphatic rings. The van der Waals surface area contributed by atoms with Gasteiger partial charge < -0.3 is 10.3 Å². The molecule has 1 aromatic heterocycles. The van der Waals surface area contributed by atoms with E-state index in [-0.39, 0.29) is 33.6 Å². The Balaban J connectivity index is 2.13. The van der Waals surface area contributed by atoms with Gasteiger partial charge in [-0.25, -0.2) is 17.7 Å². The summed E-state index contributed by atoms with van der Waals surface area (Å²) in [7, 11) is -2.29. The second-order valence-electron chi connectivity index (χ2n) is 10.6. The first-order valence-electron chi connectivity index (χ1n) is 13.1. The number of aryl methyl sites for hydroxylation is 1. The molecule has 0 saturated carbocycles. The monoisotopic (exact) mass is 555 g/mol. The van der Waals surface area contributed by atoms with Crippen molar-refractivity contribution < 1.29 is 27.0 Å². The van der Waals surface area contributed by atoms with E-state index in [1.807, 2.05) is 45.0 Å². The number of hydrogen-bond donors (Lipinski definition) is 2. The number of aromatic nitrogens is 1. The number of likely N-dealkylation sites (N-methyl/N-ethyl adjacent to an activating group) is 1. The number of carbonyl (C=O) groups excluding carboxylic acids is 2. The maximum atomic E-state index is 13.6. The summed E-state index contributed by atoms with van der Waals surface area (Å²) in [5, 5.41) is 3.84. The highest BCUT2D eigenvalue weighted by molar-refractivity contribution is 7.92. The molecule has 10 heteroatoms. The van der Waals surface area contributed by atoms with Crippen LogP contribution < -0.4 is 10.5 Å². The van der Waals surface area contributed by atoms with Gasteiger partial charge in [-0.2, -0.15) is 0 Å². The van der Waals surface area contributed by atoms with E-state index in [4.69, 9.17) is 10.3 Å². The molecule has 1 heterocycles. The van der Waals surface area contributed by atoms with Gasteiger partial charge in [-0.15, -0.1) is 0 Å². The van der Waals surface area contributed by atoms with Gasteiger partial charge in [-0.05, 0) is 37.8 Å². The highest BCUT2D eigenvalue weighted by atomic mass is 32.2. The van der Waals surface area contributed by atoms with Crippen molar-refractivity contribution >= 4 is 27.7 Å². The molecule has 210 valence electrons. The zero-order chi connectivity index (χ0) is 29.0. The molecule has 0 spiro atoms. The predicted molar refractivity (Wildman–Crippen MR) is 151 cm³/mol. The summed E-state index contributed by atoms with van der Waals surface area (Å²) >= 11 is 0. The van der Waals surface area contributed by atoms with Gasteiger partial charge >= 0.3 is 5.91 Å². The molecule has 2 amide bonds. The smallest absolute Gasteiger partial charge is 0.314 e. The largest absolute Gasteiger partial charge is 0.364 e. The molecule has 0 fully saturated rings. The van der Waals surface area contributed by atoms with Crippen LogP contribution in [-0.4, -0.2) is 43.0 Å². The molecule has 9 nitrogen and oxygen atoms in total. The third-order valence-corrected chi connectivity index (χ3v) is 8.51. The van der Waals surface area contributed by atoms with Crippen LogP contribution in [0.25, 0.3) is 11.1 Å². The zero-order valence-electron chi connectivity index (χ0n) is 23.5. The van der Waals surface area contributed by atoms with Gasteiger partial charge in [0.2, 0.25) is 0 Å². The Morgan fingerprint density at radius 3 is 2.23 bits per heavy atom. The van der Waals surface area contributed by atoms with E-state index < -0.39 is 22.0 Å². The fourth-order valence-corrected chi connectivity index (χ4v) is 6.09. The average Bonchev–Trinajstić information content (AvgIpc) is 3.19. The third kappa shape index (κ3) is 6.57. The topological polar surface area (TPSA) is 132 Å². The molecular weight excluding hydrogens is 516 g/mol. The van der Waals surface area contributed by atoms with Crippen LogP contribution >= 0.6 is 0 Å². The van der Waals surface area contributed by atoms with Crippen molar-refractivity contribution in [3.8, 4) is 11.1 Å². The van der Waals surface area contributed by atoms with Crippen molar-refractivity contribution in [1.82, 2.24) is 5.16 Å². The van der Waals surface area contributed by atoms with Crippen molar-refractivity contribution in [2.24, 2.45) is 11.7 Å². The number of anilines is 1. The lowest BCUT2D eigenvalue weighted by Crippen LogP contribution is -2.60. The quantitative estimate of drug-likeness (QED) is 0.305. The Morgan fingerprint density at radius 1 is 1.05 bits per heavy atom. The summed E-state index contributed by atoms with van der Waals surface area (Å²) in [5.74, 6) is 0.175. The van der Waals surface area contributed by atoms with Gasteiger partial charge in [0.15, 0.2) is 11.9 Å². The first kappa shape index (κ1) is 30.0. The van der Waals surface area contributed by atoms with Crippen molar-refractivity contribution in [2.45, 2.75) is 71.4 Å². The van der Waals surface area contributed by atoms with Crippen molar-refractivity contribution in [3.63, 3.8) is 0 Å². The lowest BCUT2D eigenvalue weighted by atomic mass is 9.95. The Hall–Kier alpha value is -3.50. The van der Waals surface area contributed by atoms with Crippen molar-refractivity contribution in [1.29, 1.82) is 0 Å². The van der Waals surface area contributed by atoms with Gasteiger partial charge in [-0.1, -0.05) is 68.4 Å². The first-order chi connectivity index (χ1) is 18.3. The highest BCUT2D eigenvalue weighted by Gasteiger charge is 2.44. The van der Waals surface area contributed by atoms with E-state index in [1.54, 1.807) is 39.1 Å². The number of carbonyl (C=O) groups is 2. The second-order valence-corrected chi connectivity index (χ2v) is 12.2. The van der Waals surface area contributed by atoms with E-state index in [9.17, 15) is 18.0 Å². The van der Waals surface area contributed by atoms with E-state index in [2.05, 4.69) is 9.88 Å². The summed E-state index contributed by atoms with van der Waals surface area (Å²) in [4.78, 5) is 26.3. The number of sulfonamides is 1. The number of nitrogens with zero attached hydrogens (tertiary/aromatic N) is 2. The van der Waals surface area contributed by atoms with Gasteiger partial charge in [0.05, 0.1) is 18.4 Å². The van der Waals surface area contributed by atoms with E-state index >= 15 is 0 Å². The van der Waals surface area contributed by atoms with Gasteiger partial charge in [0.1, 0.15) is 12.3 Å². The van der Waals surface area contributed by atoms with Crippen LogP contribution in [0.1, 0.15) is 56.9 Å². The van der Waals surface area contributed by atoms with Crippen LogP contribution in [0.4, 0.5) is 5.82 Å². The molecular formula is C29H39N4O5S+. The average molecular weight is 556 g/mol. The lowest BCUT2D eigenvalue weighted by Gasteiger charge is -2.39. The predicted octanol–water partition coefficient (Wildman–Crippen LogP) is 4.93. The molecule has 0 aliphatic carbocycles. The lowest BCUT2D eigenvalue weighted by molar-refractivity contribution is -0.865. The Bertz CT molecular complexity index is 1450. The minimum atomic E-state index is -4.05. The summed E-state index contributed by atoms with van der Waals surface area (Å²) in [6.45, 7) is 9.51. The fourth-order valence-electron chi connectivity index (χ4n) is 4.81. The summed E-state index contributed by atoms with van der Waals surface area (Å²) in [5.41, 5.74) is 8.31. The number of primary amides is 1. The summed E-state index contributed by atoms with van der Waals surface area (Å²) < 4.78 is 34.6. The maximum Gasteiger partial charge on any atom is 0.314 e. The molecule has 0 bridgehead atoms. The fraction of sp³-hybridized carbons (Fsp3) is 0.414. The number of benzene rings is 2. The second kappa shape index (κ2) is 12.1. The summed E-state index contributed by atoms with van der Waals surface area (Å²) in [6, 6.07) is 13.3. The SMILES string of the molecule is CCCC(=O)[N+](C)(Cc1ccccc1-c1ccccc1S(=O)(=O)Nc1noc(C)c1C)[C@@H](CC(C)C)C(N)=O. The zero-order valence-corrected chi connectivity index (χ0v) is 24.3. The van der Waals surface area contributed by atoms with E-state index in [0.29, 0.717) is 41.7 Å². The van der Waals surface area contributed by atoms with Crippen LogP contribution in [-0.2, 0) is 26.2 Å². The van der Waals surface area contributed by atoms with Gasteiger partial charge in [0, 0.05) is 23.1 Å². The maximum absolute atomic E-state index is 13.6. The van der Waals surface area contributed by atoms with Crippen LogP contribution in [0.3, 0.4) is 0 Å². The standard InChI is InChI=1S/C29H38N4O5S/c1-7-12-27(34)33(6,25(28(30)35)17-19(2)3)18-22-13-8-9-14-23(22)24-15-10-11-16-26(24)39(36,37)32-29-20(4)21(5)38-31-29/h8-11,13-16,19,25H,7,12,17-18H2,1-6H3,(H2-,30,31,32,35)/p+1/t25-,33?/m0/s1. The number of amides is 2. The van der Waals surface area contributed by atoms with Gasteiger partial charge in [-0.3, -0.25) is 9.52 Å². The highest BCUT2D eigenvalue weighted by Crippen LogP contribution is 2.34. The number of rotatable bonds is 12. The van der Waals surface area contributed by atoms with Crippen LogP contribution in [0.2, 0.25) is 0 Å². The molecule has 2 atom stereocenters. The van der Waals surface area contributed by atoms with Crippen LogP contribution in [0.5, 0.6) is 0 Å². The number of nitrogens with one attached hydrogen (secondary N) is 1. The van der Waals surface area contributed by atoms with Crippen molar-refractivity contribution in [2.75, 3.05) is 11.8 Å². The molecule has 0 saturated heterocycles. The molecule has 1 unspecified atom stereocenters. The van der Waals surface area contributed by atoms with Crippen LogP contribution in [0.15, 0.2) is 57.9 Å². The first-order valence-corrected chi connectivity index (χ1v) is 14.6.